The van der Waals surface area contributed by atoms with Gasteiger partial charge in [0.05, 0.1) is 17.2 Å². The van der Waals surface area contributed by atoms with Gasteiger partial charge >= 0.3 is 6.03 Å². The van der Waals surface area contributed by atoms with Crippen LogP contribution in [-0.2, 0) is 17.6 Å². The Bertz CT molecular complexity index is 541. The van der Waals surface area contributed by atoms with E-state index in [0.29, 0.717) is 19.1 Å². The number of aromatic nitrogens is 1. The first kappa shape index (κ1) is 14.5. The Kier molecular flexibility index (Phi) is 4.21. The van der Waals surface area contributed by atoms with Crippen molar-refractivity contribution >= 4 is 23.3 Å². The maximum Gasteiger partial charge on any atom is 0.324 e. The van der Waals surface area contributed by atoms with Crippen LogP contribution in [-0.4, -0.2) is 41.5 Å². The molecule has 1 aromatic heterocycles. The van der Waals surface area contributed by atoms with E-state index in [-0.39, 0.29) is 18.5 Å². The molecule has 7 heteroatoms. The van der Waals surface area contributed by atoms with Crippen molar-refractivity contribution in [1.29, 1.82) is 0 Å². The Balaban J connectivity index is 1.58. The van der Waals surface area contributed by atoms with Gasteiger partial charge in [0.1, 0.15) is 0 Å². The van der Waals surface area contributed by atoms with Crippen LogP contribution in [0.15, 0.2) is 0 Å². The molecule has 0 spiro atoms. The van der Waals surface area contributed by atoms with Gasteiger partial charge in [-0.15, -0.1) is 11.3 Å². The number of urea groups is 1. The molecule has 2 aliphatic rings. The van der Waals surface area contributed by atoms with Gasteiger partial charge in [0, 0.05) is 24.0 Å². The second kappa shape index (κ2) is 6.11. The molecule has 0 radical (unpaired) electrons. The van der Waals surface area contributed by atoms with E-state index >= 15 is 0 Å². The van der Waals surface area contributed by atoms with Gasteiger partial charge in [-0.25, -0.2) is 9.78 Å². The van der Waals surface area contributed by atoms with E-state index in [2.05, 4.69) is 22.5 Å². The molecule has 2 N–H and O–H groups in total. The summed E-state index contributed by atoms with van der Waals surface area (Å²) in [4.78, 5) is 30.3. The lowest BCUT2D eigenvalue weighted by Crippen LogP contribution is -2.38. The van der Waals surface area contributed by atoms with Crippen LogP contribution < -0.4 is 10.6 Å². The number of thiazole rings is 1. The minimum Gasteiger partial charge on any atom is -0.329 e. The highest BCUT2D eigenvalue weighted by molar-refractivity contribution is 7.11. The van der Waals surface area contributed by atoms with Gasteiger partial charge in [0.2, 0.25) is 5.91 Å². The van der Waals surface area contributed by atoms with E-state index in [1.165, 1.54) is 20.5 Å². The third-order valence-corrected chi connectivity index (χ3v) is 5.32. The molecule has 1 aliphatic carbocycles. The van der Waals surface area contributed by atoms with Crippen LogP contribution in [0.2, 0.25) is 0 Å². The van der Waals surface area contributed by atoms with Crippen molar-refractivity contribution in [2.75, 3.05) is 19.6 Å². The first-order valence-corrected chi connectivity index (χ1v) is 8.30. The molecule has 3 rings (SSSR count). The summed E-state index contributed by atoms with van der Waals surface area (Å²) in [6, 6.07) is 0.0320. The van der Waals surface area contributed by atoms with Crippen LogP contribution >= 0.6 is 11.3 Å². The van der Waals surface area contributed by atoms with Crippen molar-refractivity contribution in [3.63, 3.8) is 0 Å². The molecule has 0 unspecified atom stereocenters. The van der Waals surface area contributed by atoms with Crippen molar-refractivity contribution in [3.05, 3.63) is 15.6 Å². The first-order valence-electron chi connectivity index (χ1n) is 7.49. The molecule has 1 saturated heterocycles. The van der Waals surface area contributed by atoms with Crippen LogP contribution in [0.5, 0.6) is 0 Å². The standard InChI is InChI=1S/C14H20N4O2S/c1-2-11-17-10-5-3-4-9(13(10)21-11)15-6-7-18-12(19)8-16-14(18)20/h9,15H,2-8H2,1H3,(H,16,20)/t9-/m0/s1. The summed E-state index contributed by atoms with van der Waals surface area (Å²) in [5, 5.41) is 7.21. The summed E-state index contributed by atoms with van der Waals surface area (Å²) >= 11 is 1.79. The van der Waals surface area contributed by atoms with Gasteiger partial charge in [-0.1, -0.05) is 6.92 Å². The van der Waals surface area contributed by atoms with Gasteiger partial charge in [-0.2, -0.15) is 0 Å². The lowest BCUT2D eigenvalue weighted by atomic mass is 9.98. The summed E-state index contributed by atoms with van der Waals surface area (Å²) in [5.74, 6) is -0.141. The molecule has 1 aromatic rings. The van der Waals surface area contributed by atoms with Crippen LogP contribution in [0.25, 0.3) is 0 Å². The smallest absolute Gasteiger partial charge is 0.324 e. The number of fused-ring (bicyclic) bond motifs is 1. The molecule has 0 aromatic carbocycles. The Hall–Kier alpha value is -1.47. The topological polar surface area (TPSA) is 74.3 Å². The van der Waals surface area contributed by atoms with Gasteiger partial charge in [0.25, 0.3) is 0 Å². The number of carbonyl (C=O) groups excluding carboxylic acids is 2. The van der Waals surface area contributed by atoms with E-state index in [1.54, 1.807) is 11.3 Å². The zero-order chi connectivity index (χ0) is 14.8. The molecule has 1 fully saturated rings. The second-order valence-electron chi connectivity index (χ2n) is 5.38. The average molecular weight is 308 g/mol. The molecular formula is C14H20N4O2S. The fraction of sp³-hybridized carbons (Fsp3) is 0.643. The van der Waals surface area contributed by atoms with E-state index < -0.39 is 0 Å². The predicted octanol–water partition coefficient (Wildman–Crippen LogP) is 1.22. The molecule has 0 saturated carbocycles. The molecule has 0 bridgehead atoms. The Morgan fingerprint density at radius 1 is 1.48 bits per heavy atom. The third-order valence-electron chi connectivity index (χ3n) is 3.96. The van der Waals surface area contributed by atoms with Gasteiger partial charge in [-0.05, 0) is 25.7 Å². The van der Waals surface area contributed by atoms with Crippen molar-refractivity contribution in [2.45, 2.75) is 38.6 Å². The summed E-state index contributed by atoms with van der Waals surface area (Å²) in [5.41, 5.74) is 1.23. The van der Waals surface area contributed by atoms with Crippen LogP contribution in [0.4, 0.5) is 4.79 Å². The maximum atomic E-state index is 11.5. The van der Waals surface area contributed by atoms with Crippen molar-refractivity contribution < 1.29 is 9.59 Å². The summed E-state index contributed by atoms with van der Waals surface area (Å²) in [7, 11) is 0. The molecular weight excluding hydrogens is 288 g/mol. The lowest BCUT2D eigenvalue weighted by Gasteiger charge is -2.23. The van der Waals surface area contributed by atoms with Crippen LogP contribution in [0.1, 0.15) is 41.4 Å². The number of nitrogens with zero attached hydrogens (tertiary/aromatic N) is 2. The molecule has 2 heterocycles. The molecule has 1 atom stereocenters. The van der Waals surface area contributed by atoms with E-state index in [0.717, 1.165) is 25.7 Å². The Labute approximate surface area is 127 Å². The molecule has 1 aliphatic heterocycles. The fourth-order valence-electron chi connectivity index (χ4n) is 2.85. The number of hydrogen-bond acceptors (Lipinski definition) is 5. The normalized spacial score (nSPS) is 21.6. The number of nitrogens with one attached hydrogen (secondary N) is 2. The van der Waals surface area contributed by atoms with Crippen LogP contribution in [0, 0.1) is 0 Å². The van der Waals surface area contributed by atoms with Gasteiger partial charge in [0.15, 0.2) is 0 Å². The van der Waals surface area contributed by atoms with Crippen molar-refractivity contribution in [1.82, 2.24) is 20.5 Å². The highest BCUT2D eigenvalue weighted by atomic mass is 32.1. The second-order valence-corrected chi connectivity index (χ2v) is 6.49. The predicted molar refractivity (Wildman–Crippen MR) is 80.3 cm³/mol. The quantitative estimate of drug-likeness (QED) is 0.802. The number of hydrogen-bond donors (Lipinski definition) is 2. The Morgan fingerprint density at radius 3 is 3.05 bits per heavy atom. The molecule has 114 valence electrons. The SMILES string of the molecule is CCc1nc2c(s1)[C@@H](NCCN1C(=O)CNC1=O)CCC2. The van der Waals surface area contributed by atoms with Crippen LogP contribution in [0.3, 0.4) is 0 Å². The van der Waals surface area contributed by atoms with E-state index in [4.69, 9.17) is 0 Å². The highest BCUT2D eigenvalue weighted by Gasteiger charge is 2.29. The van der Waals surface area contributed by atoms with E-state index in [9.17, 15) is 9.59 Å². The van der Waals surface area contributed by atoms with Crippen molar-refractivity contribution in [2.24, 2.45) is 0 Å². The average Bonchev–Trinajstić information content (AvgIpc) is 3.05. The Morgan fingerprint density at radius 2 is 2.33 bits per heavy atom. The van der Waals surface area contributed by atoms with Gasteiger partial charge < -0.3 is 10.6 Å². The van der Waals surface area contributed by atoms with Gasteiger partial charge in [-0.3, -0.25) is 9.69 Å². The number of rotatable bonds is 5. The summed E-state index contributed by atoms with van der Waals surface area (Å²) in [6.45, 7) is 3.31. The fourth-order valence-corrected chi connectivity index (χ4v) is 4.01. The third kappa shape index (κ3) is 2.94. The maximum absolute atomic E-state index is 11.5. The number of aryl methyl sites for hydroxylation is 2. The zero-order valence-corrected chi connectivity index (χ0v) is 13.0. The van der Waals surface area contributed by atoms with Crippen molar-refractivity contribution in [3.8, 4) is 0 Å². The minimum absolute atomic E-state index is 0.126. The van der Waals surface area contributed by atoms with E-state index in [1.807, 2.05) is 0 Å². The number of amides is 3. The summed E-state index contributed by atoms with van der Waals surface area (Å²) in [6.07, 6.45) is 4.28. The minimum atomic E-state index is -0.280. The first-order chi connectivity index (χ1) is 10.2. The molecule has 3 amide bonds. The number of imide groups is 1. The highest BCUT2D eigenvalue weighted by Crippen LogP contribution is 2.34. The lowest BCUT2D eigenvalue weighted by molar-refractivity contribution is -0.124. The molecule has 21 heavy (non-hydrogen) atoms. The zero-order valence-electron chi connectivity index (χ0n) is 12.1. The largest absolute Gasteiger partial charge is 0.329 e. The summed E-state index contributed by atoms with van der Waals surface area (Å²) < 4.78 is 0. The number of carbonyl (C=O) groups is 2. The molecule has 6 nitrogen and oxygen atoms in total. The monoisotopic (exact) mass is 308 g/mol.